The molecule has 0 unspecified atom stereocenters. The number of aryl methyl sites for hydroxylation is 1. The number of aromatic nitrogens is 2. The SMILES string of the molecule is Cn1cc(C(=O)NC2(CO)CCCC2)cn1. The van der Waals surface area contributed by atoms with E-state index >= 15 is 0 Å². The van der Waals surface area contributed by atoms with Crippen molar-refractivity contribution in [1.82, 2.24) is 15.1 Å². The third kappa shape index (κ3) is 2.09. The van der Waals surface area contributed by atoms with Crippen LogP contribution in [0.5, 0.6) is 0 Å². The fraction of sp³-hybridized carbons (Fsp3) is 0.636. The van der Waals surface area contributed by atoms with Crippen LogP contribution in [0, 0.1) is 0 Å². The molecule has 0 spiro atoms. The Kier molecular flexibility index (Phi) is 2.96. The van der Waals surface area contributed by atoms with Crippen molar-refractivity contribution < 1.29 is 9.90 Å². The predicted molar refractivity (Wildman–Crippen MR) is 59.0 cm³/mol. The van der Waals surface area contributed by atoms with Crippen LogP contribution in [0.2, 0.25) is 0 Å². The highest BCUT2D eigenvalue weighted by molar-refractivity contribution is 5.94. The van der Waals surface area contributed by atoms with E-state index in [4.69, 9.17) is 0 Å². The zero-order valence-corrected chi connectivity index (χ0v) is 9.44. The molecule has 1 fully saturated rings. The van der Waals surface area contributed by atoms with E-state index in [0.29, 0.717) is 5.56 Å². The highest BCUT2D eigenvalue weighted by atomic mass is 16.3. The van der Waals surface area contributed by atoms with Gasteiger partial charge >= 0.3 is 0 Å². The van der Waals surface area contributed by atoms with E-state index in [1.165, 1.54) is 6.20 Å². The van der Waals surface area contributed by atoms with Crippen LogP contribution in [0.3, 0.4) is 0 Å². The molecule has 0 aliphatic heterocycles. The van der Waals surface area contributed by atoms with Crippen molar-refractivity contribution in [2.45, 2.75) is 31.2 Å². The molecule has 1 aliphatic rings. The van der Waals surface area contributed by atoms with Gasteiger partial charge in [-0.3, -0.25) is 9.48 Å². The molecule has 1 heterocycles. The summed E-state index contributed by atoms with van der Waals surface area (Å²) >= 11 is 0. The second-order valence-electron chi connectivity index (χ2n) is 4.50. The van der Waals surface area contributed by atoms with Gasteiger partial charge in [-0.2, -0.15) is 5.10 Å². The molecular weight excluding hydrogens is 206 g/mol. The Morgan fingerprint density at radius 2 is 2.31 bits per heavy atom. The van der Waals surface area contributed by atoms with Crippen molar-refractivity contribution in [2.75, 3.05) is 6.61 Å². The van der Waals surface area contributed by atoms with Crippen molar-refractivity contribution in [3.63, 3.8) is 0 Å². The Labute approximate surface area is 94.5 Å². The topological polar surface area (TPSA) is 67.2 Å². The van der Waals surface area contributed by atoms with Crippen LogP contribution in [0.4, 0.5) is 0 Å². The largest absolute Gasteiger partial charge is 0.394 e. The highest BCUT2D eigenvalue weighted by Gasteiger charge is 2.34. The number of amides is 1. The Balaban J connectivity index is 2.06. The third-order valence-electron chi connectivity index (χ3n) is 3.21. The van der Waals surface area contributed by atoms with E-state index in [-0.39, 0.29) is 12.5 Å². The lowest BCUT2D eigenvalue weighted by Gasteiger charge is -2.27. The Morgan fingerprint density at radius 3 is 2.81 bits per heavy atom. The van der Waals surface area contributed by atoms with Gasteiger partial charge in [0.2, 0.25) is 0 Å². The number of aliphatic hydroxyl groups is 1. The average Bonchev–Trinajstić information content (AvgIpc) is 2.88. The van der Waals surface area contributed by atoms with Gasteiger partial charge in [-0.25, -0.2) is 0 Å². The van der Waals surface area contributed by atoms with Gasteiger partial charge in [0.1, 0.15) is 0 Å². The number of aliphatic hydroxyl groups excluding tert-OH is 1. The molecule has 88 valence electrons. The van der Waals surface area contributed by atoms with Crippen LogP contribution in [0.25, 0.3) is 0 Å². The molecular formula is C11H17N3O2. The standard InChI is InChI=1S/C11H17N3O2/c1-14-7-9(6-12-14)10(16)13-11(8-15)4-2-3-5-11/h6-7,15H,2-5,8H2,1H3,(H,13,16). The van der Waals surface area contributed by atoms with Crippen molar-refractivity contribution in [1.29, 1.82) is 0 Å². The number of carbonyl (C=O) groups excluding carboxylic acids is 1. The molecule has 0 saturated heterocycles. The molecule has 5 heteroatoms. The zero-order chi connectivity index (χ0) is 11.6. The maximum absolute atomic E-state index is 11.9. The lowest BCUT2D eigenvalue weighted by atomic mass is 9.98. The fourth-order valence-corrected chi connectivity index (χ4v) is 2.23. The van der Waals surface area contributed by atoms with Gasteiger partial charge in [0.05, 0.1) is 23.9 Å². The molecule has 1 aromatic rings. The van der Waals surface area contributed by atoms with Crippen LogP contribution >= 0.6 is 0 Å². The minimum atomic E-state index is -0.410. The van der Waals surface area contributed by atoms with Gasteiger partial charge < -0.3 is 10.4 Å². The lowest BCUT2D eigenvalue weighted by molar-refractivity contribution is 0.0838. The van der Waals surface area contributed by atoms with Crippen molar-refractivity contribution in [3.05, 3.63) is 18.0 Å². The highest BCUT2D eigenvalue weighted by Crippen LogP contribution is 2.29. The molecule has 0 atom stereocenters. The number of nitrogens with zero attached hydrogens (tertiary/aromatic N) is 2. The molecule has 0 aromatic carbocycles. The molecule has 2 rings (SSSR count). The molecule has 1 aliphatic carbocycles. The number of hydrogen-bond donors (Lipinski definition) is 2. The summed E-state index contributed by atoms with van der Waals surface area (Å²) in [5.41, 5.74) is 0.134. The first kappa shape index (κ1) is 11.1. The van der Waals surface area contributed by atoms with E-state index in [1.807, 2.05) is 0 Å². The monoisotopic (exact) mass is 223 g/mol. The third-order valence-corrected chi connectivity index (χ3v) is 3.21. The van der Waals surface area contributed by atoms with E-state index in [1.54, 1.807) is 17.9 Å². The first-order valence-electron chi connectivity index (χ1n) is 5.57. The van der Waals surface area contributed by atoms with E-state index in [2.05, 4.69) is 10.4 Å². The van der Waals surface area contributed by atoms with Crippen molar-refractivity contribution >= 4 is 5.91 Å². The molecule has 1 aromatic heterocycles. The van der Waals surface area contributed by atoms with Crippen LogP contribution in [0.1, 0.15) is 36.0 Å². The first-order chi connectivity index (χ1) is 7.65. The molecule has 2 N–H and O–H groups in total. The normalized spacial score (nSPS) is 18.6. The molecule has 16 heavy (non-hydrogen) atoms. The summed E-state index contributed by atoms with van der Waals surface area (Å²) in [6.45, 7) is 0.0129. The smallest absolute Gasteiger partial charge is 0.254 e. The molecule has 1 amide bonds. The molecule has 0 bridgehead atoms. The summed E-state index contributed by atoms with van der Waals surface area (Å²) in [6.07, 6.45) is 7.05. The number of nitrogens with one attached hydrogen (secondary N) is 1. The number of hydrogen-bond acceptors (Lipinski definition) is 3. The lowest BCUT2D eigenvalue weighted by Crippen LogP contribution is -2.49. The summed E-state index contributed by atoms with van der Waals surface area (Å²) in [7, 11) is 1.77. The average molecular weight is 223 g/mol. The number of carbonyl (C=O) groups is 1. The molecule has 0 radical (unpaired) electrons. The van der Waals surface area contributed by atoms with Crippen LogP contribution in [0.15, 0.2) is 12.4 Å². The second kappa shape index (κ2) is 4.25. The fourth-order valence-electron chi connectivity index (χ4n) is 2.23. The van der Waals surface area contributed by atoms with Gasteiger partial charge in [0.15, 0.2) is 0 Å². The summed E-state index contributed by atoms with van der Waals surface area (Å²) in [4.78, 5) is 11.9. The summed E-state index contributed by atoms with van der Waals surface area (Å²) in [5, 5.41) is 16.3. The van der Waals surface area contributed by atoms with Gasteiger partial charge in [0.25, 0.3) is 5.91 Å². The maximum Gasteiger partial charge on any atom is 0.254 e. The minimum absolute atomic E-state index is 0.0129. The Hall–Kier alpha value is -1.36. The van der Waals surface area contributed by atoms with E-state index in [0.717, 1.165) is 25.7 Å². The second-order valence-corrected chi connectivity index (χ2v) is 4.50. The van der Waals surface area contributed by atoms with Gasteiger partial charge in [0, 0.05) is 13.2 Å². The Morgan fingerprint density at radius 1 is 1.62 bits per heavy atom. The predicted octanol–water partition coefficient (Wildman–Crippen LogP) is 0.455. The Bertz CT molecular complexity index is 380. The van der Waals surface area contributed by atoms with Crippen LogP contribution in [-0.4, -0.2) is 32.9 Å². The van der Waals surface area contributed by atoms with Gasteiger partial charge in [-0.05, 0) is 12.8 Å². The summed E-state index contributed by atoms with van der Waals surface area (Å²) in [6, 6.07) is 0. The van der Waals surface area contributed by atoms with Crippen molar-refractivity contribution in [3.8, 4) is 0 Å². The van der Waals surface area contributed by atoms with E-state index in [9.17, 15) is 9.90 Å². The quantitative estimate of drug-likeness (QED) is 0.782. The van der Waals surface area contributed by atoms with Gasteiger partial charge in [-0.15, -0.1) is 0 Å². The maximum atomic E-state index is 11.9. The van der Waals surface area contributed by atoms with E-state index < -0.39 is 5.54 Å². The number of rotatable bonds is 3. The van der Waals surface area contributed by atoms with Gasteiger partial charge in [-0.1, -0.05) is 12.8 Å². The zero-order valence-electron chi connectivity index (χ0n) is 9.44. The minimum Gasteiger partial charge on any atom is -0.394 e. The van der Waals surface area contributed by atoms with Crippen LogP contribution in [-0.2, 0) is 7.05 Å². The molecule has 1 saturated carbocycles. The first-order valence-corrected chi connectivity index (χ1v) is 5.57. The molecule has 5 nitrogen and oxygen atoms in total. The van der Waals surface area contributed by atoms with Crippen molar-refractivity contribution in [2.24, 2.45) is 7.05 Å². The summed E-state index contributed by atoms with van der Waals surface area (Å²) in [5.74, 6) is -0.149. The van der Waals surface area contributed by atoms with Crippen LogP contribution < -0.4 is 5.32 Å². The summed E-state index contributed by atoms with van der Waals surface area (Å²) < 4.78 is 1.59.